The Morgan fingerprint density at radius 1 is 0.792 bits per heavy atom. The maximum atomic E-state index is 13.9. The van der Waals surface area contributed by atoms with E-state index in [1.54, 1.807) is 6.07 Å². The molecule has 0 spiro atoms. The summed E-state index contributed by atoms with van der Waals surface area (Å²) in [5.41, 5.74) is 3.31. The van der Waals surface area contributed by atoms with E-state index < -0.39 is 5.82 Å². The maximum Gasteiger partial charge on any atom is 0.126 e. The molecule has 3 heteroatoms. The first-order chi connectivity index (χ1) is 11.7. The van der Waals surface area contributed by atoms with Crippen molar-refractivity contribution in [3.8, 4) is 6.07 Å². The molecule has 24 heavy (non-hydrogen) atoms. The number of hydrogen-bond donors (Lipinski definition) is 0. The lowest BCUT2D eigenvalue weighted by atomic mass is 10.1. The Bertz CT molecular complexity index is 797. The summed E-state index contributed by atoms with van der Waals surface area (Å²) in [5, 5.41) is 9.11. The van der Waals surface area contributed by atoms with Crippen molar-refractivity contribution in [1.82, 2.24) is 0 Å². The third-order valence-electron chi connectivity index (χ3n) is 3.81. The molecule has 118 valence electrons. The van der Waals surface area contributed by atoms with Crippen LogP contribution in [0.25, 0.3) is 0 Å². The number of anilines is 1. The molecular weight excluding hydrogens is 299 g/mol. The highest BCUT2D eigenvalue weighted by atomic mass is 19.1. The van der Waals surface area contributed by atoms with Gasteiger partial charge in [-0.3, -0.25) is 0 Å². The third-order valence-corrected chi connectivity index (χ3v) is 3.81. The minimum atomic E-state index is -0.393. The van der Waals surface area contributed by atoms with Gasteiger partial charge in [-0.25, -0.2) is 4.39 Å². The van der Waals surface area contributed by atoms with Crippen LogP contribution in [0.4, 0.5) is 10.1 Å². The topological polar surface area (TPSA) is 27.0 Å². The van der Waals surface area contributed by atoms with Gasteiger partial charge in [0.1, 0.15) is 5.82 Å². The molecule has 0 atom stereocenters. The first kappa shape index (κ1) is 15.8. The summed E-state index contributed by atoms with van der Waals surface area (Å²) in [5.74, 6) is -0.393. The lowest BCUT2D eigenvalue weighted by molar-refractivity contribution is 0.625. The van der Waals surface area contributed by atoms with Gasteiger partial charge < -0.3 is 4.90 Å². The summed E-state index contributed by atoms with van der Waals surface area (Å²) >= 11 is 0. The summed E-state index contributed by atoms with van der Waals surface area (Å²) in [6.07, 6.45) is 0. The molecule has 2 nitrogen and oxygen atoms in total. The first-order valence-corrected chi connectivity index (χ1v) is 7.78. The van der Waals surface area contributed by atoms with E-state index in [1.807, 2.05) is 66.7 Å². The van der Waals surface area contributed by atoms with E-state index in [4.69, 9.17) is 5.26 Å². The second-order valence-corrected chi connectivity index (χ2v) is 5.64. The predicted octanol–water partition coefficient (Wildman–Crippen LogP) is 4.90. The quantitative estimate of drug-likeness (QED) is 0.669. The van der Waals surface area contributed by atoms with E-state index >= 15 is 0 Å². The average Bonchev–Trinajstić information content (AvgIpc) is 2.62. The highest BCUT2D eigenvalue weighted by Crippen LogP contribution is 2.23. The standard InChI is InChI=1S/C21H17FN2/c22-20-11-19(14-23)12-21(13-20)24(15-17-7-3-1-4-8-17)16-18-9-5-2-6-10-18/h1-13H,15-16H2. The average molecular weight is 316 g/mol. The molecule has 3 aromatic carbocycles. The Morgan fingerprint density at radius 3 is 1.83 bits per heavy atom. The highest BCUT2D eigenvalue weighted by Gasteiger charge is 2.11. The summed E-state index contributed by atoms with van der Waals surface area (Å²) in [6, 6.07) is 26.6. The lowest BCUT2D eigenvalue weighted by Crippen LogP contribution is -2.22. The SMILES string of the molecule is N#Cc1cc(F)cc(N(Cc2ccccc2)Cc2ccccc2)c1. The fourth-order valence-corrected chi connectivity index (χ4v) is 2.67. The molecule has 0 radical (unpaired) electrons. The minimum Gasteiger partial charge on any atom is -0.363 e. The van der Waals surface area contributed by atoms with Crippen LogP contribution < -0.4 is 4.90 Å². The van der Waals surface area contributed by atoms with Crippen LogP contribution in [-0.4, -0.2) is 0 Å². The van der Waals surface area contributed by atoms with E-state index in [9.17, 15) is 4.39 Å². The molecule has 0 saturated heterocycles. The zero-order valence-electron chi connectivity index (χ0n) is 13.2. The Morgan fingerprint density at radius 2 is 1.33 bits per heavy atom. The van der Waals surface area contributed by atoms with E-state index in [1.165, 1.54) is 12.1 Å². The second-order valence-electron chi connectivity index (χ2n) is 5.64. The van der Waals surface area contributed by atoms with Gasteiger partial charge in [0.25, 0.3) is 0 Å². The van der Waals surface area contributed by atoms with E-state index in [-0.39, 0.29) is 0 Å². The molecule has 0 N–H and O–H groups in total. The van der Waals surface area contributed by atoms with Crippen molar-refractivity contribution in [2.45, 2.75) is 13.1 Å². The Labute approximate surface area is 141 Å². The van der Waals surface area contributed by atoms with Gasteiger partial charge in [0, 0.05) is 18.8 Å². The van der Waals surface area contributed by atoms with E-state index in [2.05, 4.69) is 4.90 Å². The van der Waals surface area contributed by atoms with Crippen LogP contribution in [0.2, 0.25) is 0 Å². The van der Waals surface area contributed by atoms with Crippen molar-refractivity contribution in [2.75, 3.05) is 4.90 Å². The van der Waals surface area contributed by atoms with Crippen LogP contribution in [0, 0.1) is 17.1 Å². The molecule has 0 bridgehead atoms. The second kappa shape index (κ2) is 7.43. The van der Waals surface area contributed by atoms with Gasteiger partial charge in [-0.15, -0.1) is 0 Å². The van der Waals surface area contributed by atoms with Gasteiger partial charge in [-0.2, -0.15) is 5.26 Å². The van der Waals surface area contributed by atoms with Crippen molar-refractivity contribution in [3.63, 3.8) is 0 Å². The number of rotatable bonds is 5. The van der Waals surface area contributed by atoms with Crippen molar-refractivity contribution in [2.24, 2.45) is 0 Å². The van der Waals surface area contributed by atoms with E-state index in [0.717, 1.165) is 11.1 Å². The molecule has 0 saturated carbocycles. The van der Waals surface area contributed by atoms with E-state index in [0.29, 0.717) is 24.3 Å². The van der Waals surface area contributed by atoms with Crippen molar-refractivity contribution < 1.29 is 4.39 Å². The molecular formula is C21H17FN2. The van der Waals surface area contributed by atoms with Crippen LogP contribution in [-0.2, 0) is 13.1 Å². The zero-order chi connectivity index (χ0) is 16.8. The molecule has 0 aromatic heterocycles. The third kappa shape index (κ3) is 3.99. The molecule has 0 aliphatic carbocycles. The summed E-state index contributed by atoms with van der Waals surface area (Å²) in [7, 11) is 0. The van der Waals surface area contributed by atoms with Crippen LogP contribution in [0.1, 0.15) is 16.7 Å². The van der Waals surface area contributed by atoms with Crippen LogP contribution in [0.5, 0.6) is 0 Å². The van der Waals surface area contributed by atoms with Crippen LogP contribution in [0.15, 0.2) is 78.9 Å². The van der Waals surface area contributed by atoms with Gasteiger partial charge in [0.15, 0.2) is 0 Å². The lowest BCUT2D eigenvalue weighted by Gasteiger charge is -2.25. The highest BCUT2D eigenvalue weighted by molar-refractivity contribution is 5.52. The molecule has 0 aliphatic heterocycles. The van der Waals surface area contributed by atoms with Gasteiger partial charge >= 0.3 is 0 Å². The van der Waals surface area contributed by atoms with Crippen LogP contribution in [0.3, 0.4) is 0 Å². The largest absolute Gasteiger partial charge is 0.363 e. The molecule has 0 fully saturated rings. The molecule has 3 rings (SSSR count). The normalized spacial score (nSPS) is 10.2. The Balaban J connectivity index is 1.95. The number of benzene rings is 3. The molecule has 0 unspecified atom stereocenters. The van der Waals surface area contributed by atoms with Gasteiger partial charge in [-0.1, -0.05) is 60.7 Å². The monoisotopic (exact) mass is 316 g/mol. The van der Waals surface area contributed by atoms with Gasteiger partial charge in [0.2, 0.25) is 0 Å². The number of nitriles is 1. The zero-order valence-corrected chi connectivity index (χ0v) is 13.2. The smallest absolute Gasteiger partial charge is 0.126 e. The Kier molecular flexibility index (Phi) is 4.88. The van der Waals surface area contributed by atoms with Crippen LogP contribution >= 0.6 is 0 Å². The van der Waals surface area contributed by atoms with Gasteiger partial charge in [-0.05, 0) is 29.3 Å². The maximum absolute atomic E-state index is 13.9. The van der Waals surface area contributed by atoms with Crippen molar-refractivity contribution in [1.29, 1.82) is 5.26 Å². The Hall–Kier alpha value is -3.12. The minimum absolute atomic E-state index is 0.330. The van der Waals surface area contributed by atoms with Crippen molar-refractivity contribution in [3.05, 3.63) is 101 Å². The molecule has 0 amide bonds. The number of halogens is 1. The molecule has 3 aromatic rings. The number of hydrogen-bond acceptors (Lipinski definition) is 2. The summed E-state index contributed by atoms with van der Waals surface area (Å²) in [6.45, 7) is 1.29. The fourth-order valence-electron chi connectivity index (χ4n) is 2.67. The predicted molar refractivity (Wildman–Crippen MR) is 93.9 cm³/mol. The van der Waals surface area contributed by atoms with Gasteiger partial charge in [0.05, 0.1) is 11.6 Å². The summed E-state index contributed by atoms with van der Waals surface area (Å²) < 4.78 is 13.9. The number of nitrogens with zero attached hydrogens (tertiary/aromatic N) is 2. The fraction of sp³-hybridized carbons (Fsp3) is 0.0952. The molecule has 0 heterocycles. The molecule has 0 aliphatic rings. The van der Waals surface area contributed by atoms with Crippen molar-refractivity contribution >= 4 is 5.69 Å². The first-order valence-electron chi connectivity index (χ1n) is 7.78. The summed E-state index contributed by atoms with van der Waals surface area (Å²) in [4.78, 5) is 2.08.